The van der Waals surface area contributed by atoms with Crippen molar-refractivity contribution in [1.82, 2.24) is 5.48 Å². The summed E-state index contributed by atoms with van der Waals surface area (Å²) in [5, 5.41) is 0. The third-order valence-corrected chi connectivity index (χ3v) is 2.57. The van der Waals surface area contributed by atoms with E-state index in [1.165, 1.54) is 0 Å². The molecular weight excluding hydrogens is 246 g/mol. The van der Waals surface area contributed by atoms with Gasteiger partial charge < -0.3 is 19.0 Å². The van der Waals surface area contributed by atoms with Crippen molar-refractivity contribution in [1.29, 1.82) is 0 Å². The van der Waals surface area contributed by atoms with E-state index in [1.54, 1.807) is 27.4 Å². The van der Waals surface area contributed by atoms with Crippen molar-refractivity contribution in [3.63, 3.8) is 0 Å². The predicted molar refractivity (Wildman–Crippen MR) is 73.7 cm³/mol. The molecule has 0 saturated carbocycles. The second-order valence-corrected chi connectivity index (χ2v) is 4.55. The van der Waals surface area contributed by atoms with E-state index in [-0.39, 0.29) is 0 Å². The summed E-state index contributed by atoms with van der Waals surface area (Å²) >= 11 is 0. The molecule has 0 radical (unpaired) electrons. The Labute approximate surface area is 114 Å². The van der Waals surface area contributed by atoms with E-state index in [4.69, 9.17) is 19.0 Å². The lowest BCUT2D eigenvalue weighted by Gasteiger charge is -2.15. The molecule has 5 heteroatoms. The first kappa shape index (κ1) is 15.6. The number of benzene rings is 1. The Morgan fingerprint density at radius 2 is 1.53 bits per heavy atom. The van der Waals surface area contributed by atoms with E-state index in [1.807, 2.05) is 6.07 Å². The molecule has 1 aromatic rings. The Morgan fingerprint density at radius 1 is 0.947 bits per heavy atom. The molecule has 0 aromatic heterocycles. The van der Waals surface area contributed by atoms with Crippen LogP contribution in [0, 0.1) is 5.92 Å². The Hall–Kier alpha value is -1.46. The predicted octanol–water partition coefficient (Wildman–Crippen LogP) is 2.39. The molecule has 0 bridgehead atoms. The van der Waals surface area contributed by atoms with Crippen LogP contribution in [0.25, 0.3) is 0 Å². The molecule has 0 aliphatic rings. The molecule has 108 valence electrons. The van der Waals surface area contributed by atoms with E-state index in [9.17, 15) is 0 Å². The van der Waals surface area contributed by atoms with Crippen LogP contribution < -0.4 is 19.7 Å². The van der Waals surface area contributed by atoms with Crippen molar-refractivity contribution in [2.24, 2.45) is 5.92 Å². The summed E-state index contributed by atoms with van der Waals surface area (Å²) < 4.78 is 15.8. The number of methoxy groups -OCH3 is 3. The highest BCUT2D eigenvalue weighted by molar-refractivity contribution is 5.50. The van der Waals surface area contributed by atoms with Gasteiger partial charge in [-0.15, -0.1) is 0 Å². The molecule has 0 amide bonds. The van der Waals surface area contributed by atoms with Crippen LogP contribution in [0.5, 0.6) is 17.2 Å². The second kappa shape index (κ2) is 7.86. The number of hydrogen-bond acceptors (Lipinski definition) is 5. The van der Waals surface area contributed by atoms with E-state index >= 15 is 0 Å². The zero-order chi connectivity index (χ0) is 14.3. The first-order valence-electron chi connectivity index (χ1n) is 6.25. The van der Waals surface area contributed by atoms with Crippen molar-refractivity contribution in [2.75, 3.05) is 27.9 Å². The summed E-state index contributed by atoms with van der Waals surface area (Å²) in [5.41, 5.74) is 3.87. The fourth-order valence-electron chi connectivity index (χ4n) is 1.58. The highest BCUT2D eigenvalue weighted by Gasteiger charge is 2.11. The standard InChI is InChI=1S/C14H23NO4/c1-10(2)9-19-15-8-11-6-13(17-4)14(18-5)7-12(11)16-3/h6-7,10,15H,8-9H2,1-5H3. The first-order valence-corrected chi connectivity index (χ1v) is 6.25. The number of ether oxygens (including phenoxy) is 3. The SMILES string of the molecule is COc1cc(OC)c(OC)cc1CNOCC(C)C. The summed E-state index contributed by atoms with van der Waals surface area (Å²) in [4.78, 5) is 5.35. The average molecular weight is 269 g/mol. The lowest BCUT2D eigenvalue weighted by atomic mass is 10.1. The van der Waals surface area contributed by atoms with Gasteiger partial charge in [-0.25, -0.2) is 0 Å². The monoisotopic (exact) mass is 269 g/mol. The molecule has 0 aliphatic carbocycles. The van der Waals surface area contributed by atoms with Gasteiger partial charge in [0.2, 0.25) is 0 Å². The molecule has 0 heterocycles. The fourth-order valence-corrected chi connectivity index (χ4v) is 1.58. The van der Waals surface area contributed by atoms with Crippen LogP contribution in [0.15, 0.2) is 12.1 Å². The normalized spacial score (nSPS) is 10.6. The second-order valence-electron chi connectivity index (χ2n) is 4.55. The van der Waals surface area contributed by atoms with Gasteiger partial charge in [-0.3, -0.25) is 0 Å². The quantitative estimate of drug-likeness (QED) is 0.580. The fraction of sp³-hybridized carbons (Fsp3) is 0.571. The van der Waals surface area contributed by atoms with Crippen molar-refractivity contribution in [3.05, 3.63) is 17.7 Å². The molecule has 0 unspecified atom stereocenters. The molecule has 1 N–H and O–H groups in total. The summed E-state index contributed by atoms with van der Waals surface area (Å²) in [5.74, 6) is 2.54. The smallest absolute Gasteiger partial charge is 0.164 e. The van der Waals surface area contributed by atoms with Crippen LogP contribution in [-0.4, -0.2) is 27.9 Å². The maximum atomic E-state index is 5.35. The maximum Gasteiger partial charge on any atom is 0.164 e. The topological polar surface area (TPSA) is 49.0 Å². The molecular formula is C14H23NO4. The van der Waals surface area contributed by atoms with Crippen LogP contribution in [0.3, 0.4) is 0 Å². The van der Waals surface area contributed by atoms with Crippen molar-refractivity contribution in [3.8, 4) is 17.2 Å². The Bertz CT molecular complexity index is 393. The van der Waals surface area contributed by atoms with Gasteiger partial charge in [-0.05, 0) is 12.0 Å². The highest BCUT2D eigenvalue weighted by Crippen LogP contribution is 2.34. The van der Waals surface area contributed by atoms with E-state index in [2.05, 4.69) is 19.3 Å². The summed E-state index contributed by atoms with van der Waals surface area (Å²) in [6.07, 6.45) is 0. The largest absolute Gasteiger partial charge is 0.496 e. The highest BCUT2D eigenvalue weighted by atomic mass is 16.6. The minimum atomic E-state index is 0.486. The van der Waals surface area contributed by atoms with Crippen molar-refractivity contribution in [2.45, 2.75) is 20.4 Å². The van der Waals surface area contributed by atoms with Gasteiger partial charge in [0, 0.05) is 18.2 Å². The van der Waals surface area contributed by atoms with Gasteiger partial charge in [-0.2, -0.15) is 5.48 Å². The van der Waals surface area contributed by atoms with Gasteiger partial charge in [0.1, 0.15) is 5.75 Å². The van der Waals surface area contributed by atoms with E-state index in [0.29, 0.717) is 30.6 Å². The Kier molecular flexibility index (Phi) is 6.45. The zero-order valence-electron chi connectivity index (χ0n) is 12.3. The van der Waals surface area contributed by atoms with E-state index < -0.39 is 0 Å². The van der Waals surface area contributed by atoms with Gasteiger partial charge in [0.05, 0.1) is 27.9 Å². The summed E-state index contributed by atoms with van der Waals surface area (Å²) in [7, 11) is 4.83. The van der Waals surface area contributed by atoms with Crippen molar-refractivity contribution < 1.29 is 19.0 Å². The van der Waals surface area contributed by atoms with Crippen molar-refractivity contribution >= 4 is 0 Å². The van der Waals surface area contributed by atoms with Crippen LogP contribution in [-0.2, 0) is 11.4 Å². The average Bonchev–Trinajstić information content (AvgIpc) is 2.42. The van der Waals surface area contributed by atoms with Gasteiger partial charge in [0.25, 0.3) is 0 Å². The van der Waals surface area contributed by atoms with Crippen LogP contribution in [0.4, 0.5) is 0 Å². The maximum absolute atomic E-state index is 5.35. The lowest BCUT2D eigenvalue weighted by Crippen LogP contribution is -2.17. The van der Waals surface area contributed by atoms with Gasteiger partial charge in [-0.1, -0.05) is 13.8 Å². The molecule has 0 aliphatic heterocycles. The van der Waals surface area contributed by atoms with Gasteiger partial charge in [0.15, 0.2) is 11.5 Å². The third-order valence-electron chi connectivity index (χ3n) is 2.57. The molecule has 1 aromatic carbocycles. The molecule has 0 atom stereocenters. The number of hydroxylamine groups is 1. The Morgan fingerprint density at radius 3 is 2.05 bits per heavy atom. The molecule has 0 saturated heterocycles. The number of rotatable bonds is 8. The minimum Gasteiger partial charge on any atom is -0.496 e. The molecule has 0 spiro atoms. The van der Waals surface area contributed by atoms with Gasteiger partial charge >= 0.3 is 0 Å². The molecule has 19 heavy (non-hydrogen) atoms. The lowest BCUT2D eigenvalue weighted by molar-refractivity contribution is 0.0193. The van der Waals surface area contributed by atoms with E-state index in [0.717, 1.165) is 11.3 Å². The third kappa shape index (κ3) is 4.61. The van der Waals surface area contributed by atoms with Crippen LogP contribution >= 0.6 is 0 Å². The van der Waals surface area contributed by atoms with Crippen LogP contribution in [0.2, 0.25) is 0 Å². The summed E-state index contributed by atoms with van der Waals surface area (Å²) in [6.45, 7) is 5.39. The first-order chi connectivity index (χ1) is 9.12. The summed E-state index contributed by atoms with van der Waals surface area (Å²) in [6, 6.07) is 3.68. The number of hydrogen-bond donors (Lipinski definition) is 1. The number of nitrogens with one attached hydrogen (secondary N) is 1. The zero-order valence-corrected chi connectivity index (χ0v) is 12.3. The molecule has 0 fully saturated rings. The minimum absolute atomic E-state index is 0.486. The Balaban J connectivity index is 2.75. The van der Waals surface area contributed by atoms with Crippen LogP contribution in [0.1, 0.15) is 19.4 Å². The molecule has 1 rings (SSSR count). The molecule has 5 nitrogen and oxygen atoms in total.